The lowest BCUT2D eigenvalue weighted by Crippen LogP contribution is -2.12. The minimum atomic E-state index is 0.471. The number of fused-ring (bicyclic) bond motifs is 1. The van der Waals surface area contributed by atoms with E-state index < -0.39 is 0 Å². The fourth-order valence-corrected chi connectivity index (χ4v) is 7.15. The smallest absolute Gasteiger partial charge is 0.0478 e. The van der Waals surface area contributed by atoms with Gasteiger partial charge in [0.25, 0.3) is 0 Å². The maximum Gasteiger partial charge on any atom is 0.0478 e. The molecule has 0 nitrogen and oxygen atoms in total. The normalized spacial score (nSPS) is 19.8. The zero-order valence-corrected chi connectivity index (χ0v) is 16.3. The average Bonchev–Trinajstić information content (AvgIpc) is 2.83. The Bertz CT molecular complexity index is 802. The summed E-state index contributed by atoms with van der Waals surface area (Å²) in [5.41, 5.74) is 1.49. The van der Waals surface area contributed by atoms with E-state index in [9.17, 15) is 0 Å². The Balaban J connectivity index is 1.68. The molecule has 126 valence electrons. The van der Waals surface area contributed by atoms with Crippen LogP contribution in [0.25, 0.3) is 0 Å². The van der Waals surface area contributed by atoms with Crippen molar-refractivity contribution >= 4 is 35.3 Å². The van der Waals surface area contributed by atoms with Crippen LogP contribution in [0.1, 0.15) is 17.2 Å². The first-order valence-corrected chi connectivity index (χ1v) is 11.3. The lowest BCUT2D eigenvalue weighted by atomic mass is 10.1. The van der Waals surface area contributed by atoms with Crippen molar-refractivity contribution in [1.29, 1.82) is 0 Å². The lowest BCUT2D eigenvalue weighted by molar-refractivity contribution is 0.806. The summed E-state index contributed by atoms with van der Waals surface area (Å²) in [6, 6.07) is 30.6. The van der Waals surface area contributed by atoms with Crippen molar-refractivity contribution in [2.45, 2.75) is 31.6 Å². The molecule has 0 radical (unpaired) electrons. The molecular formula is C22H20S3. The molecule has 1 heterocycles. The maximum atomic E-state index is 2.33. The van der Waals surface area contributed by atoms with Gasteiger partial charge >= 0.3 is 0 Å². The summed E-state index contributed by atoms with van der Waals surface area (Å²) in [5.74, 6) is 1.19. The molecule has 0 bridgehead atoms. The first-order chi connectivity index (χ1) is 12.4. The van der Waals surface area contributed by atoms with Gasteiger partial charge < -0.3 is 0 Å². The fraction of sp³-hybridized carbons (Fsp3) is 0.182. The molecule has 0 saturated carbocycles. The predicted octanol–water partition coefficient (Wildman–Crippen LogP) is 7.18. The van der Waals surface area contributed by atoms with Crippen molar-refractivity contribution in [1.82, 2.24) is 0 Å². The van der Waals surface area contributed by atoms with E-state index in [1.165, 1.54) is 32.4 Å². The van der Waals surface area contributed by atoms with E-state index in [-0.39, 0.29) is 0 Å². The van der Waals surface area contributed by atoms with Crippen LogP contribution >= 0.6 is 35.3 Å². The van der Waals surface area contributed by atoms with Crippen molar-refractivity contribution in [3.05, 3.63) is 90.5 Å². The van der Waals surface area contributed by atoms with Gasteiger partial charge in [0.1, 0.15) is 0 Å². The summed E-state index contributed by atoms with van der Waals surface area (Å²) >= 11 is 6.06. The van der Waals surface area contributed by atoms with E-state index in [0.717, 1.165) is 0 Å². The molecule has 1 aliphatic rings. The SMILES string of the molecule is c1ccc(S[C@@H]2CCSc3ccccc3[C@@H]2Sc2ccccc2)cc1. The summed E-state index contributed by atoms with van der Waals surface area (Å²) in [6.45, 7) is 0. The molecule has 0 saturated heterocycles. The third kappa shape index (κ3) is 4.28. The van der Waals surface area contributed by atoms with E-state index in [1.807, 2.05) is 35.3 Å². The van der Waals surface area contributed by atoms with Crippen molar-refractivity contribution in [3.63, 3.8) is 0 Å². The molecule has 3 aromatic carbocycles. The molecular weight excluding hydrogens is 360 g/mol. The quantitative estimate of drug-likeness (QED) is 0.470. The predicted molar refractivity (Wildman–Crippen MR) is 113 cm³/mol. The Morgan fingerprint density at radius 3 is 2.00 bits per heavy atom. The minimum absolute atomic E-state index is 0.471. The van der Waals surface area contributed by atoms with Crippen molar-refractivity contribution in [2.24, 2.45) is 0 Å². The van der Waals surface area contributed by atoms with Crippen LogP contribution < -0.4 is 0 Å². The molecule has 3 heteroatoms. The highest BCUT2D eigenvalue weighted by molar-refractivity contribution is 8.04. The fourth-order valence-electron chi connectivity index (χ4n) is 3.06. The lowest BCUT2D eigenvalue weighted by Gasteiger charge is -2.25. The largest absolute Gasteiger partial charge is 0.126 e. The second-order valence-electron chi connectivity index (χ2n) is 6.00. The topological polar surface area (TPSA) is 0 Å². The number of rotatable bonds is 4. The van der Waals surface area contributed by atoms with Gasteiger partial charge in [-0.1, -0.05) is 54.6 Å². The van der Waals surface area contributed by atoms with E-state index in [4.69, 9.17) is 0 Å². The van der Waals surface area contributed by atoms with Crippen LogP contribution in [0.2, 0.25) is 0 Å². The molecule has 0 amide bonds. The molecule has 25 heavy (non-hydrogen) atoms. The van der Waals surface area contributed by atoms with Crippen LogP contribution in [0.3, 0.4) is 0 Å². The van der Waals surface area contributed by atoms with Crippen LogP contribution in [0.4, 0.5) is 0 Å². The summed E-state index contributed by atoms with van der Waals surface area (Å²) in [4.78, 5) is 4.18. The second kappa shape index (κ2) is 8.39. The van der Waals surface area contributed by atoms with Crippen LogP contribution in [-0.4, -0.2) is 11.0 Å². The van der Waals surface area contributed by atoms with Gasteiger partial charge in [-0.3, -0.25) is 0 Å². The molecule has 0 N–H and O–H groups in total. The first kappa shape index (κ1) is 17.1. The highest BCUT2D eigenvalue weighted by Crippen LogP contribution is 2.50. The van der Waals surface area contributed by atoms with Gasteiger partial charge in [0, 0.05) is 25.2 Å². The van der Waals surface area contributed by atoms with Crippen molar-refractivity contribution in [2.75, 3.05) is 5.75 Å². The number of benzene rings is 3. The molecule has 0 unspecified atom stereocenters. The van der Waals surface area contributed by atoms with Gasteiger partial charge in [0.05, 0.1) is 0 Å². The monoisotopic (exact) mass is 380 g/mol. The van der Waals surface area contributed by atoms with E-state index in [2.05, 4.69) is 84.9 Å². The van der Waals surface area contributed by atoms with Crippen LogP contribution in [0, 0.1) is 0 Å². The Labute approximate surface area is 162 Å². The number of thioether (sulfide) groups is 3. The molecule has 2 atom stereocenters. The molecule has 4 rings (SSSR count). The van der Waals surface area contributed by atoms with Crippen molar-refractivity contribution in [3.8, 4) is 0 Å². The third-order valence-corrected chi connectivity index (χ3v) is 8.29. The Morgan fingerprint density at radius 1 is 0.680 bits per heavy atom. The second-order valence-corrected chi connectivity index (χ2v) is 9.66. The standard InChI is InChI=1S/C22H20S3/c1-3-9-17(10-4-1)24-21-15-16-23-20-14-8-7-13-19(20)22(21)25-18-11-5-2-6-12-18/h1-14,21-22H,15-16H2/t21-,22+/m1/s1. The van der Waals surface area contributed by atoms with Gasteiger partial charge in [-0.2, -0.15) is 0 Å². The van der Waals surface area contributed by atoms with Crippen molar-refractivity contribution < 1.29 is 0 Å². The third-order valence-electron chi connectivity index (χ3n) is 4.26. The Morgan fingerprint density at radius 2 is 1.28 bits per heavy atom. The molecule has 0 aliphatic carbocycles. The number of hydrogen-bond acceptors (Lipinski definition) is 3. The Hall–Kier alpha value is -1.29. The maximum absolute atomic E-state index is 2.33. The molecule has 0 fully saturated rings. The molecule has 0 spiro atoms. The van der Waals surface area contributed by atoms with Gasteiger partial charge in [0.15, 0.2) is 0 Å². The summed E-state index contributed by atoms with van der Waals surface area (Å²) < 4.78 is 0. The molecule has 0 aromatic heterocycles. The summed E-state index contributed by atoms with van der Waals surface area (Å²) in [6.07, 6.45) is 1.23. The van der Waals surface area contributed by atoms with Crippen LogP contribution in [0.15, 0.2) is 99.6 Å². The first-order valence-electron chi connectivity index (χ1n) is 8.55. The van der Waals surface area contributed by atoms with Crippen LogP contribution in [0.5, 0.6) is 0 Å². The van der Waals surface area contributed by atoms with Crippen LogP contribution in [-0.2, 0) is 0 Å². The zero-order chi connectivity index (χ0) is 16.9. The number of hydrogen-bond donors (Lipinski definition) is 0. The molecule has 3 aromatic rings. The average molecular weight is 381 g/mol. The van der Waals surface area contributed by atoms with E-state index >= 15 is 0 Å². The van der Waals surface area contributed by atoms with Gasteiger partial charge in [-0.25, -0.2) is 0 Å². The Kier molecular flexibility index (Phi) is 5.75. The summed E-state index contributed by atoms with van der Waals surface area (Å²) in [5, 5.41) is 1.04. The van der Waals surface area contributed by atoms with Gasteiger partial charge in [0.2, 0.25) is 0 Å². The summed E-state index contributed by atoms with van der Waals surface area (Å²) in [7, 11) is 0. The highest BCUT2D eigenvalue weighted by atomic mass is 32.2. The molecule has 1 aliphatic heterocycles. The van der Waals surface area contributed by atoms with Gasteiger partial charge in [-0.15, -0.1) is 35.3 Å². The zero-order valence-electron chi connectivity index (χ0n) is 13.9. The van der Waals surface area contributed by atoms with Gasteiger partial charge in [-0.05, 0) is 48.1 Å². The highest BCUT2D eigenvalue weighted by Gasteiger charge is 2.29. The van der Waals surface area contributed by atoms with E-state index in [1.54, 1.807) is 0 Å². The minimum Gasteiger partial charge on any atom is -0.126 e. The van der Waals surface area contributed by atoms with E-state index in [0.29, 0.717) is 10.5 Å².